The largest absolute Gasteiger partial charge is 0.497 e. The molecule has 5 rings (SSSR count). The fourth-order valence-electron chi connectivity index (χ4n) is 4.49. The van der Waals surface area contributed by atoms with Crippen LogP contribution in [-0.2, 0) is 4.79 Å². The van der Waals surface area contributed by atoms with Crippen LogP contribution in [0.2, 0.25) is 0 Å². The van der Waals surface area contributed by atoms with Gasteiger partial charge in [0, 0.05) is 28.4 Å². The molecule has 192 valence electrons. The molecular weight excluding hydrogens is 464 g/mol. The predicted molar refractivity (Wildman–Crippen MR) is 149 cm³/mol. The van der Waals surface area contributed by atoms with Crippen LogP contribution in [0.15, 0.2) is 66.7 Å². The van der Waals surface area contributed by atoms with Gasteiger partial charge in [-0.1, -0.05) is 33.1 Å². The molecule has 0 spiro atoms. The maximum Gasteiger partial charge on any atom is 0.255 e. The van der Waals surface area contributed by atoms with Crippen LogP contribution in [0, 0.1) is 5.92 Å². The molecule has 0 atom stereocenters. The molecule has 37 heavy (non-hydrogen) atoms. The number of fused-ring (bicyclic) bond motifs is 1. The average molecular weight is 499 g/mol. The molecule has 1 saturated carbocycles. The second kappa shape index (κ2) is 12.2. The summed E-state index contributed by atoms with van der Waals surface area (Å²) in [6.07, 6.45) is 5.45. The maximum atomic E-state index is 12.6. The third-order valence-electron chi connectivity index (χ3n) is 6.49. The summed E-state index contributed by atoms with van der Waals surface area (Å²) in [5.41, 5.74) is 4.56. The van der Waals surface area contributed by atoms with Gasteiger partial charge in [-0.15, -0.1) is 0 Å². The molecule has 1 fully saturated rings. The van der Waals surface area contributed by atoms with Crippen molar-refractivity contribution in [2.75, 3.05) is 17.7 Å². The van der Waals surface area contributed by atoms with Gasteiger partial charge in [-0.2, -0.15) is 0 Å². The van der Waals surface area contributed by atoms with Gasteiger partial charge >= 0.3 is 0 Å². The number of aromatic amines is 1. The number of H-pyrrole nitrogens is 1. The van der Waals surface area contributed by atoms with Crippen LogP contribution in [-0.4, -0.2) is 28.9 Å². The van der Waals surface area contributed by atoms with E-state index in [1.165, 1.54) is 6.42 Å². The van der Waals surface area contributed by atoms with Crippen molar-refractivity contribution in [3.63, 3.8) is 0 Å². The summed E-state index contributed by atoms with van der Waals surface area (Å²) in [5.74, 6) is 1.47. The van der Waals surface area contributed by atoms with E-state index in [2.05, 4.69) is 20.6 Å². The summed E-state index contributed by atoms with van der Waals surface area (Å²) in [7, 11) is 1.59. The van der Waals surface area contributed by atoms with Gasteiger partial charge in [-0.05, 0) is 79.6 Å². The van der Waals surface area contributed by atoms with Crippen molar-refractivity contribution in [3.05, 3.63) is 72.3 Å². The zero-order valence-electron chi connectivity index (χ0n) is 21.6. The lowest BCUT2D eigenvalue weighted by Crippen LogP contribution is -2.24. The zero-order valence-corrected chi connectivity index (χ0v) is 21.6. The number of anilines is 2. The normalized spacial score (nSPS) is 13.4. The van der Waals surface area contributed by atoms with Crippen LogP contribution in [0.5, 0.6) is 5.75 Å². The van der Waals surface area contributed by atoms with E-state index in [-0.39, 0.29) is 17.7 Å². The number of rotatable bonds is 6. The Morgan fingerprint density at radius 1 is 0.865 bits per heavy atom. The van der Waals surface area contributed by atoms with Crippen molar-refractivity contribution in [1.29, 1.82) is 0 Å². The minimum Gasteiger partial charge on any atom is -0.497 e. The monoisotopic (exact) mass is 498 g/mol. The lowest BCUT2D eigenvalue weighted by molar-refractivity contribution is -0.120. The van der Waals surface area contributed by atoms with Crippen LogP contribution in [0.4, 0.5) is 11.4 Å². The Kier molecular flexibility index (Phi) is 8.56. The number of benzene rings is 3. The van der Waals surface area contributed by atoms with Gasteiger partial charge in [0.05, 0.1) is 18.1 Å². The molecule has 3 aromatic carbocycles. The van der Waals surface area contributed by atoms with Crippen molar-refractivity contribution in [2.45, 2.75) is 46.0 Å². The Morgan fingerprint density at radius 2 is 1.54 bits per heavy atom. The molecule has 0 saturated heterocycles. The maximum absolute atomic E-state index is 12.6. The summed E-state index contributed by atoms with van der Waals surface area (Å²) in [4.78, 5) is 33.1. The van der Waals surface area contributed by atoms with Crippen LogP contribution in [0.1, 0.15) is 56.3 Å². The molecule has 0 aliphatic heterocycles. The minimum absolute atomic E-state index is 0.116. The van der Waals surface area contributed by atoms with Gasteiger partial charge in [0.2, 0.25) is 5.91 Å². The zero-order chi connectivity index (χ0) is 26.2. The number of methoxy groups -OCH3 is 1. The summed E-state index contributed by atoms with van der Waals surface area (Å²) >= 11 is 0. The Balaban J connectivity index is 0.00000156. The van der Waals surface area contributed by atoms with Crippen LogP contribution >= 0.6 is 0 Å². The number of nitrogens with zero attached hydrogens (tertiary/aromatic N) is 1. The minimum atomic E-state index is -0.197. The molecule has 3 N–H and O–H groups in total. The third-order valence-corrected chi connectivity index (χ3v) is 6.49. The first-order valence-electron chi connectivity index (χ1n) is 13.0. The van der Waals surface area contributed by atoms with E-state index in [0.717, 1.165) is 53.8 Å². The van der Waals surface area contributed by atoms with E-state index >= 15 is 0 Å². The summed E-state index contributed by atoms with van der Waals surface area (Å²) < 4.78 is 5.14. The van der Waals surface area contributed by atoms with E-state index in [4.69, 9.17) is 4.74 Å². The average Bonchev–Trinajstić information content (AvgIpc) is 3.38. The van der Waals surface area contributed by atoms with Crippen molar-refractivity contribution in [2.24, 2.45) is 5.92 Å². The molecule has 0 radical (unpaired) electrons. The number of imidazole rings is 1. The molecule has 1 aliphatic rings. The Morgan fingerprint density at radius 3 is 2.22 bits per heavy atom. The van der Waals surface area contributed by atoms with Crippen LogP contribution < -0.4 is 15.4 Å². The molecule has 2 amide bonds. The highest BCUT2D eigenvalue weighted by Crippen LogP contribution is 2.27. The first-order valence-corrected chi connectivity index (χ1v) is 13.0. The number of amides is 2. The van der Waals surface area contributed by atoms with Gasteiger partial charge in [-0.3, -0.25) is 9.59 Å². The van der Waals surface area contributed by atoms with E-state index in [1.807, 2.05) is 56.3 Å². The van der Waals surface area contributed by atoms with E-state index in [1.54, 1.807) is 31.4 Å². The number of hydrogen-bond donors (Lipinski definition) is 3. The van der Waals surface area contributed by atoms with Gasteiger partial charge in [0.25, 0.3) is 5.91 Å². The molecule has 0 unspecified atom stereocenters. The lowest BCUT2D eigenvalue weighted by Gasteiger charge is -2.20. The number of carbonyl (C=O) groups excluding carboxylic acids is 2. The quantitative estimate of drug-likeness (QED) is 0.266. The van der Waals surface area contributed by atoms with Crippen molar-refractivity contribution < 1.29 is 14.3 Å². The Bertz CT molecular complexity index is 1340. The molecule has 7 nitrogen and oxygen atoms in total. The SMILES string of the molecule is CC.COc1ccc(C(=O)Nc2ccc3nc(-c4ccc(NC(=O)C5CCCCC5)cc4)[nH]c3c2)cc1. The van der Waals surface area contributed by atoms with Crippen molar-refractivity contribution in [1.82, 2.24) is 9.97 Å². The molecule has 0 bridgehead atoms. The molecule has 7 heteroatoms. The summed E-state index contributed by atoms with van der Waals surface area (Å²) in [5, 5.41) is 5.97. The van der Waals surface area contributed by atoms with Gasteiger partial charge in [0.15, 0.2) is 0 Å². The van der Waals surface area contributed by atoms with Gasteiger partial charge < -0.3 is 20.4 Å². The second-order valence-electron chi connectivity index (χ2n) is 8.90. The molecule has 1 aliphatic carbocycles. The Labute approximate surface area is 217 Å². The molecular formula is C30H34N4O3. The molecule has 1 aromatic heterocycles. The van der Waals surface area contributed by atoms with Crippen LogP contribution in [0.3, 0.4) is 0 Å². The first-order chi connectivity index (χ1) is 18.1. The Hall–Kier alpha value is -4.13. The topological polar surface area (TPSA) is 96.1 Å². The predicted octanol–water partition coefficient (Wildman–Crippen LogP) is 7.04. The smallest absolute Gasteiger partial charge is 0.255 e. The van der Waals surface area contributed by atoms with Gasteiger partial charge in [0.1, 0.15) is 11.6 Å². The number of hydrogen-bond acceptors (Lipinski definition) is 4. The summed E-state index contributed by atoms with van der Waals surface area (Å²) in [6.45, 7) is 4.00. The van der Waals surface area contributed by atoms with Gasteiger partial charge in [-0.25, -0.2) is 4.98 Å². The highest BCUT2D eigenvalue weighted by atomic mass is 16.5. The van der Waals surface area contributed by atoms with E-state index < -0.39 is 0 Å². The fourth-order valence-corrected chi connectivity index (χ4v) is 4.49. The van der Waals surface area contributed by atoms with Crippen molar-refractivity contribution >= 4 is 34.2 Å². The number of nitrogens with one attached hydrogen (secondary N) is 3. The highest BCUT2D eigenvalue weighted by molar-refractivity contribution is 6.05. The number of aromatic nitrogens is 2. The second-order valence-corrected chi connectivity index (χ2v) is 8.90. The first kappa shape index (κ1) is 25.9. The summed E-state index contributed by atoms with van der Waals surface area (Å²) in [6, 6.07) is 20.2. The van der Waals surface area contributed by atoms with Crippen molar-refractivity contribution in [3.8, 4) is 17.1 Å². The van der Waals surface area contributed by atoms with E-state index in [9.17, 15) is 9.59 Å². The lowest BCUT2D eigenvalue weighted by atomic mass is 9.88. The van der Waals surface area contributed by atoms with Crippen LogP contribution in [0.25, 0.3) is 22.4 Å². The number of carbonyl (C=O) groups is 2. The number of ether oxygens (including phenoxy) is 1. The highest BCUT2D eigenvalue weighted by Gasteiger charge is 2.21. The third kappa shape index (κ3) is 6.36. The molecule has 4 aromatic rings. The standard InChI is InChI=1S/C28H28N4O3.C2H6/c1-35-23-14-9-20(10-15-23)28(34)30-22-13-16-24-25(17-22)32-26(31-24)18-7-11-21(12-8-18)29-27(33)19-5-3-2-4-6-19;1-2/h7-17,19H,2-6H2,1H3,(H,29,33)(H,30,34)(H,31,32);1-2H3. The van der Waals surface area contributed by atoms with E-state index in [0.29, 0.717) is 17.0 Å². The molecule has 1 heterocycles. The fraction of sp³-hybridized carbons (Fsp3) is 0.300.